The first-order valence-electron chi connectivity index (χ1n) is 6.42. The summed E-state index contributed by atoms with van der Waals surface area (Å²) in [6.07, 6.45) is 4.22. The molecular weight excluding hydrogens is 270 g/mol. The molecule has 2 rings (SSSR count). The van der Waals surface area contributed by atoms with E-state index in [1.165, 1.54) is 11.8 Å². The van der Waals surface area contributed by atoms with E-state index in [2.05, 4.69) is 15.3 Å². The predicted molar refractivity (Wildman–Crippen MR) is 82.3 cm³/mol. The highest BCUT2D eigenvalue weighted by atomic mass is 32.2. The topological polar surface area (TPSA) is 54.9 Å². The normalized spacial score (nSPS) is 10.3. The number of hydrogen-bond donors (Lipinski definition) is 1. The minimum atomic E-state index is -0.168. The number of anilines is 1. The van der Waals surface area contributed by atoms with E-state index in [-0.39, 0.29) is 5.91 Å². The molecule has 0 radical (unpaired) electrons. The van der Waals surface area contributed by atoms with Crippen LogP contribution in [0.2, 0.25) is 0 Å². The van der Waals surface area contributed by atoms with Crippen molar-refractivity contribution < 1.29 is 4.79 Å². The monoisotopic (exact) mass is 287 g/mol. The minimum absolute atomic E-state index is 0.168. The summed E-state index contributed by atoms with van der Waals surface area (Å²) in [4.78, 5) is 20.8. The Morgan fingerprint density at radius 1 is 1.30 bits per heavy atom. The van der Waals surface area contributed by atoms with Crippen LogP contribution in [0.25, 0.3) is 0 Å². The van der Waals surface area contributed by atoms with E-state index >= 15 is 0 Å². The molecule has 0 unspecified atom stereocenters. The van der Waals surface area contributed by atoms with Gasteiger partial charge < -0.3 is 5.32 Å². The van der Waals surface area contributed by atoms with E-state index in [1.807, 2.05) is 44.4 Å². The summed E-state index contributed by atoms with van der Waals surface area (Å²) in [5.41, 5.74) is 3.24. The Kier molecular flexibility index (Phi) is 4.74. The number of nitrogens with one attached hydrogen (secondary N) is 1. The van der Waals surface area contributed by atoms with E-state index in [0.29, 0.717) is 17.1 Å². The highest BCUT2D eigenvalue weighted by Gasteiger charge is 2.13. The molecule has 0 saturated heterocycles. The van der Waals surface area contributed by atoms with E-state index in [9.17, 15) is 4.79 Å². The molecule has 1 heterocycles. The van der Waals surface area contributed by atoms with E-state index in [0.717, 1.165) is 16.9 Å². The van der Waals surface area contributed by atoms with Crippen molar-refractivity contribution in [1.29, 1.82) is 0 Å². The standard InChI is InChI=1S/C15H17N3OS/c1-4-13-12(9-16-15(18-13)20-3)14(19)17-11-7-5-10(2)6-8-11/h5-9H,4H2,1-3H3,(H,17,19). The Morgan fingerprint density at radius 2 is 2.00 bits per heavy atom. The van der Waals surface area contributed by atoms with Crippen molar-refractivity contribution in [2.24, 2.45) is 0 Å². The van der Waals surface area contributed by atoms with Gasteiger partial charge in [-0.2, -0.15) is 0 Å². The highest BCUT2D eigenvalue weighted by Crippen LogP contribution is 2.15. The molecule has 0 fully saturated rings. The second-order valence-electron chi connectivity index (χ2n) is 4.39. The first kappa shape index (κ1) is 14.5. The van der Waals surface area contributed by atoms with Crippen LogP contribution >= 0.6 is 11.8 Å². The molecule has 20 heavy (non-hydrogen) atoms. The molecule has 1 N–H and O–H groups in total. The van der Waals surface area contributed by atoms with Crippen LogP contribution in [0.1, 0.15) is 28.5 Å². The molecule has 1 aromatic carbocycles. The van der Waals surface area contributed by atoms with Crippen molar-refractivity contribution in [2.75, 3.05) is 11.6 Å². The van der Waals surface area contributed by atoms with Gasteiger partial charge in [-0.3, -0.25) is 4.79 Å². The van der Waals surface area contributed by atoms with Crippen molar-refractivity contribution in [2.45, 2.75) is 25.4 Å². The fourth-order valence-electron chi connectivity index (χ4n) is 1.79. The quantitative estimate of drug-likeness (QED) is 0.692. The van der Waals surface area contributed by atoms with Crippen molar-refractivity contribution in [3.05, 3.63) is 47.3 Å². The van der Waals surface area contributed by atoms with Crippen LogP contribution < -0.4 is 5.32 Å². The number of aromatic nitrogens is 2. The number of benzene rings is 1. The zero-order valence-electron chi connectivity index (χ0n) is 11.8. The Bertz CT molecular complexity index is 611. The molecule has 0 aliphatic carbocycles. The lowest BCUT2D eigenvalue weighted by atomic mass is 10.1. The Labute approximate surface area is 123 Å². The molecule has 0 saturated carbocycles. The summed E-state index contributed by atoms with van der Waals surface area (Å²) in [6.45, 7) is 3.99. The third-order valence-electron chi connectivity index (χ3n) is 2.92. The number of nitrogens with zero attached hydrogens (tertiary/aromatic N) is 2. The molecular formula is C15H17N3OS. The summed E-state index contributed by atoms with van der Waals surface area (Å²) in [6, 6.07) is 7.69. The number of carbonyl (C=O) groups is 1. The molecule has 0 aliphatic heterocycles. The van der Waals surface area contributed by atoms with Crippen LogP contribution in [0.15, 0.2) is 35.6 Å². The zero-order valence-corrected chi connectivity index (χ0v) is 12.6. The number of thioether (sulfide) groups is 1. The van der Waals surface area contributed by atoms with Gasteiger partial charge in [0.25, 0.3) is 5.91 Å². The van der Waals surface area contributed by atoms with Gasteiger partial charge in [0.15, 0.2) is 5.16 Å². The van der Waals surface area contributed by atoms with Gasteiger partial charge in [0.1, 0.15) is 0 Å². The Balaban J connectivity index is 2.22. The van der Waals surface area contributed by atoms with Crippen LogP contribution in [0, 0.1) is 6.92 Å². The number of carbonyl (C=O) groups excluding carboxylic acids is 1. The van der Waals surface area contributed by atoms with Gasteiger partial charge >= 0.3 is 0 Å². The number of amides is 1. The summed E-state index contributed by atoms with van der Waals surface area (Å²) < 4.78 is 0. The molecule has 5 heteroatoms. The summed E-state index contributed by atoms with van der Waals surface area (Å²) >= 11 is 1.47. The number of hydrogen-bond acceptors (Lipinski definition) is 4. The second kappa shape index (κ2) is 6.52. The van der Waals surface area contributed by atoms with Gasteiger partial charge in [0.05, 0.1) is 11.3 Å². The van der Waals surface area contributed by atoms with Crippen LogP contribution in [-0.4, -0.2) is 22.1 Å². The third-order valence-corrected chi connectivity index (χ3v) is 3.48. The molecule has 0 atom stereocenters. The smallest absolute Gasteiger partial charge is 0.259 e. The first-order chi connectivity index (χ1) is 9.63. The molecule has 2 aromatic rings. The van der Waals surface area contributed by atoms with Crippen molar-refractivity contribution >= 4 is 23.4 Å². The van der Waals surface area contributed by atoms with Crippen molar-refractivity contribution in [1.82, 2.24) is 9.97 Å². The fraction of sp³-hybridized carbons (Fsp3) is 0.267. The largest absolute Gasteiger partial charge is 0.322 e. The van der Waals surface area contributed by atoms with Crippen LogP contribution in [0.3, 0.4) is 0 Å². The van der Waals surface area contributed by atoms with Gasteiger partial charge in [-0.25, -0.2) is 9.97 Å². The molecule has 0 aliphatic rings. The van der Waals surface area contributed by atoms with Gasteiger partial charge in [-0.05, 0) is 31.7 Å². The van der Waals surface area contributed by atoms with Gasteiger partial charge in [0.2, 0.25) is 0 Å². The number of aryl methyl sites for hydroxylation is 2. The van der Waals surface area contributed by atoms with Crippen molar-refractivity contribution in [3.8, 4) is 0 Å². The Hall–Kier alpha value is -1.88. The second-order valence-corrected chi connectivity index (χ2v) is 5.16. The van der Waals surface area contributed by atoms with E-state index in [4.69, 9.17) is 0 Å². The lowest BCUT2D eigenvalue weighted by Gasteiger charge is -2.09. The average Bonchev–Trinajstić information content (AvgIpc) is 2.48. The fourth-order valence-corrected chi connectivity index (χ4v) is 2.15. The maximum atomic E-state index is 12.3. The summed E-state index contributed by atoms with van der Waals surface area (Å²) in [5, 5.41) is 3.56. The maximum absolute atomic E-state index is 12.3. The van der Waals surface area contributed by atoms with Crippen LogP contribution in [-0.2, 0) is 6.42 Å². The predicted octanol–water partition coefficient (Wildman–Crippen LogP) is 3.32. The first-order valence-corrected chi connectivity index (χ1v) is 7.64. The van der Waals surface area contributed by atoms with Gasteiger partial charge in [-0.15, -0.1) is 0 Å². The maximum Gasteiger partial charge on any atom is 0.259 e. The average molecular weight is 287 g/mol. The SMILES string of the molecule is CCc1nc(SC)ncc1C(=O)Nc1ccc(C)cc1. The summed E-state index contributed by atoms with van der Waals surface area (Å²) in [5.74, 6) is -0.168. The van der Waals surface area contributed by atoms with E-state index in [1.54, 1.807) is 6.20 Å². The third kappa shape index (κ3) is 3.36. The van der Waals surface area contributed by atoms with Crippen molar-refractivity contribution in [3.63, 3.8) is 0 Å². The molecule has 0 spiro atoms. The lowest BCUT2D eigenvalue weighted by Crippen LogP contribution is -2.16. The highest BCUT2D eigenvalue weighted by molar-refractivity contribution is 7.98. The van der Waals surface area contributed by atoms with Gasteiger partial charge in [-0.1, -0.05) is 36.4 Å². The molecule has 0 bridgehead atoms. The molecule has 1 aromatic heterocycles. The van der Waals surface area contributed by atoms with Crippen LogP contribution in [0.5, 0.6) is 0 Å². The minimum Gasteiger partial charge on any atom is -0.322 e. The van der Waals surface area contributed by atoms with Crippen LogP contribution in [0.4, 0.5) is 5.69 Å². The molecule has 4 nitrogen and oxygen atoms in total. The molecule has 1 amide bonds. The zero-order chi connectivity index (χ0) is 14.5. The lowest BCUT2D eigenvalue weighted by molar-refractivity contribution is 0.102. The Morgan fingerprint density at radius 3 is 2.60 bits per heavy atom. The summed E-state index contributed by atoms with van der Waals surface area (Å²) in [7, 11) is 0. The number of rotatable bonds is 4. The molecule has 104 valence electrons. The van der Waals surface area contributed by atoms with Gasteiger partial charge in [0, 0.05) is 11.9 Å². The van der Waals surface area contributed by atoms with E-state index < -0.39 is 0 Å².